The summed E-state index contributed by atoms with van der Waals surface area (Å²) in [5.41, 5.74) is 6.30. The van der Waals surface area contributed by atoms with Crippen molar-refractivity contribution in [1.29, 1.82) is 0 Å². The Morgan fingerprint density at radius 1 is 1.00 bits per heavy atom. The lowest BCUT2D eigenvalue weighted by atomic mass is 10.1. The monoisotopic (exact) mass is 353 g/mol. The summed E-state index contributed by atoms with van der Waals surface area (Å²) >= 11 is 0. The number of benzene rings is 2. The van der Waals surface area contributed by atoms with Crippen molar-refractivity contribution in [2.45, 2.75) is 13.8 Å². The molecule has 0 aliphatic rings. The van der Waals surface area contributed by atoms with Crippen LogP contribution in [0.4, 0.5) is 5.69 Å². The van der Waals surface area contributed by atoms with Crippen LogP contribution in [0.5, 0.6) is 11.5 Å². The largest absolute Gasteiger partial charge is 0.453 e. The van der Waals surface area contributed by atoms with Crippen molar-refractivity contribution < 1.29 is 23.5 Å². The highest BCUT2D eigenvalue weighted by Crippen LogP contribution is 2.40. The van der Waals surface area contributed by atoms with E-state index in [0.29, 0.717) is 11.3 Å². The van der Waals surface area contributed by atoms with Crippen molar-refractivity contribution in [3.05, 3.63) is 52.7 Å². The molecule has 0 aliphatic carbocycles. The van der Waals surface area contributed by atoms with Crippen molar-refractivity contribution in [3.63, 3.8) is 0 Å². The van der Waals surface area contributed by atoms with E-state index in [4.69, 9.17) is 19.6 Å². The van der Waals surface area contributed by atoms with E-state index in [1.165, 1.54) is 26.0 Å². The van der Waals surface area contributed by atoms with Crippen molar-refractivity contribution in [3.8, 4) is 22.8 Å². The maximum Gasteiger partial charge on any atom is 0.308 e. The van der Waals surface area contributed by atoms with Gasteiger partial charge in [0.05, 0.1) is 5.39 Å². The number of ether oxygens (including phenoxy) is 2. The molecule has 0 atom stereocenters. The first-order chi connectivity index (χ1) is 12.4. The molecule has 1 aromatic heterocycles. The number of hydrogen-bond acceptors (Lipinski definition) is 7. The fourth-order valence-electron chi connectivity index (χ4n) is 2.50. The van der Waals surface area contributed by atoms with E-state index in [0.717, 1.165) is 0 Å². The van der Waals surface area contributed by atoms with Crippen LogP contribution in [0.3, 0.4) is 0 Å². The molecule has 7 nitrogen and oxygen atoms in total. The molecule has 132 valence electrons. The van der Waals surface area contributed by atoms with Gasteiger partial charge in [-0.3, -0.25) is 14.4 Å². The Balaban J connectivity index is 2.30. The smallest absolute Gasteiger partial charge is 0.308 e. The molecule has 7 heteroatoms. The van der Waals surface area contributed by atoms with Crippen LogP contribution in [0.25, 0.3) is 22.3 Å². The molecule has 1 heterocycles. The van der Waals surface area contributed by atoms with Crippen LogP contribution in [0.1, 0.15) is 13.8 Å². The number of esters is 2. The van der Waals surface area contributed by atoms with Gasteiger partial charge in [-0.2, -0.15) is 0 Å². The number of rotatable bonds is 3. The number of carbonyl (C=O) groups excluding carboxylic acids is 2. The predicted molar refractivity (Wildman–Crippen MR) is 95.0 cm³/mol. The summed E-state index contributed by atoms with van der Waals surface area (Å²) < 4.78 is 15.9. The molecule has 26 heavy (non-hydrogen) atoms. The van der Waals surface area contributed by atoms with Gasteiger partial charge >= 0.3 is 11.9 Å². The minimum atomic E-state index is -0.661. The Hall–Kier alpha value is -3.61. The summed E-state index contributed by atoms with van der Waals surface area (Å²) in [5, 5.41) is 0.106. The highest BCUT2D eigenvalue weighted by atomic mass is 16.6. The lowest BCUT2D eigenvalue weighted by molar-refractivity contribution is -0.134. The third kappa shape index (κ3) is 3.27. The first-order valence-corrected chi connectivity index (χ1v) is 7.69. The molecule has 0 spiro atoms. The number of nitrogens with two attached hydrogens (primary N) is 1. The molecule has 0 amide bonds. The second-order valence-electron chi connectivity index (χ2n) is 5.52. The zero-order valence-corrected chi connectivity index (χ0v) is 14.1. The fourth-order valence-corrected chi connectivity index (χ4v) is 2.50. The van der Waals surface area contributed by atoms with Crippen LogP contribution < -0.4 is 20.6 Å². The van der Waals surface area contributed by atoms with Crippen LogP contribution in [0.15, 0.2) is 51.7 Å². The van der Waals surface area contributed by atoms with E-state index >= 15 is 0 Å². The van der Waals surface area contributed by atoms with E-state index in [9.17, 15) is 14.4 Å². The summed E-state index contributed by atoms with van der Waals surface area (Å²) in [7, 11) is 0. The third-order valence-electron chi connectivity index (χ3n) is 3.53. The Labute approximate surface area is 147 Å². The minimum Gasteiger partial charge on any atom is -0.453 e. The number of fused-ring (bicyclic) bond motifs is 1. The molecule has 2 aromatic carbocycles. The number of nitrogen functional groups attached to an aromatic ring is 1. The number of anilines is 1. The molecule has 0 radical (unpaired) electrons. The van der Waals surface area contributed by atoms with Gasteiger partial charge in [-0.25, -0.2) is 0 Å². The fraction of sp³-hybridized carbons (Fsp3) is 0.105. The number of hydrogen-bond donors (Lipinski definition) is 1. The Kier molecular flexibility index (Phi) is 4.45. The second-order valence-corrected chi connectivity index (χ2v) is 5.52. The van der Waals surface area contributed by atoms with E-state index in [1.54, 1.807) is 24.3 Å². The molecule has 3 rings (SSSR count). The SMILES string of the molecule is CC(=O)Oc1cc2c(=O)cc(-c3ccccc3)oc2c(N)c1OC(C)=O. The van der Waals surface area contributed by atoms with Gasteiger partial charge in [-0.05, 0) is 6.07 Å². The average Bonchev–Trinajstić information content (AvgIpc) is 2.59. The zero-order chi connectivity index (χ0) is 18.8. The van der Waals surface area contributed by atoms with Crippen LogP contribution in [0, 0.1) is 0 Å². The molecular weight excluding hydrogens is 338 g/mol. The van der Waals surface area contributed by atoms with E-state index < -0.39 is 11.9 Å². The van der Waals surface area contributed by atoms with Gasteiger partial charge in [0.25, 0.3) is 0 Å². The predicted octanol–water partition coefficient (Wildman–Crippen LogP) is 2.89. The molecule has 0 fully saturated rings. The van der Waals surface area contributed by atoms with Gasteiger partial charge in [-0.1, -0.05) is 30.3 Å². The van der Waals surface area contributed by atoms with Crippen molar-refractivity contribution in [2.75, 3.05) is 5.73 Å². The highest BCUT2D eigenvalue weighted by molar-refractivity contribution is 5.96. The summed E-state index contributed by atoms with van der Waals surface area (Å²) in [6.45, 7) is 2.36. The zero-order valence-electron chi connectivity index (χ0n) is 14.1. The second kappa shape index (κ2) is 6.72. The Morgan fingerprint density at radius 2 is 1.65 bits per heavy atom. The average molecular weight is 353 g/mol. The van der Waals surface area contributed by atoms with Gasteiger partial charge in [-0.15, -0.1) is 0 Å². The van der Waals surface area contributed by atoms with Gasteiger partial charge in [0.1, 0.15) is 11.4 Å². The normalized spacial score (nSPS) is 10.5. The highest BCUT2D eigenvalue weighted by Gasteiger charge is 2.21. The van der Waals surface area contributed by atoms with Gasteiger partial charge in [0, 0.05) is 25.5 Å². The van der Waals surface area contributed by atoms with Crippen LogP contribution >= 0.6 is 0 Å². The Bertz CT molecular complexity index is 1070. The third-order valence-corrected chi connectivity index (χ3v) is 3.53. The molecular formula is C19H15NO6. The van der Waals surface area contributed by atoms with Crippen molar-refractivity contribution in [1.82, 2.24) is 0 Å². The molecule has 2 N–H and O–H groups in total. The standard InChI is InChI=1S/C19H15NO6/c1-10(21)24-16-8-13-14(23)9-15(12-6-4-3-5-7-12)26-18(13)17(20)19(16)25-11(2)22/h3-9H,20H2,1-2H3. The molecule has 0 saturated carbocycles. The summed E-state index contributed by atoms with van der Waals surface area (Å²) in [4.78, 5) is 35.2. The summed E-state index contributed by atoms with van der Waals surface area (Å²) in [6, 6.07) is 11.6. The van der Waals surface area contributed by atoms with Crippen LogP contribution in [0.2, 0.25) is 0 Å². The lowest BCUT2D eigenvalue weighted by Crippen LogP contribution is -2.11. The van der Waals surface area contributed by atoms with Gasteiger partial charge in [0.2, 0.25) is 0 Å². The summed E-state index contributed by atoms with van der Waals surface area (Å²) in [6.07, 6.45) is 0. The molecule has 0 aliphatic heterocycles. The molecule has 3 aromatic rings. The van der Waals surface area contributed by atoms with Crippen LogP contribution in [-0.2, 0) is 9.59 Å². The maximum absolute atomic E-state index is 12.5. The topological polar surface area (TPSA) is 109 Å². The first kappa shape index (κ1) is 17.2. The first-order valence-electron chi connectivity index (χ1n) is 7.69. The molecule has 0 bridgehead atoms. The van der Waals surface area contributed by atoms with Crippen molar-refractivity contribution >= 4 is 28.6 Å². The van der Waals surface area contributed by atoms with Gasteiger partial charge < -0.3 is 19.6 Å². The van der Waals surface area contributed by atoms with Crippen molar-refractivity contribution in [2.24, 2.45) is 0 Å². The Morgan fingerprint density at radius 3 is 2.27 bits per heavy atom. The van der Waals surface area contributed by atoms with E-state index in [-0.39, 0.29) is 33.6 Å². The molecule has 0 saturated heterocycles. The lowest BCUT2D eigenvalue weighted by Gasteiger charge is -2.13. The maximum atomic E-state index is 12.5. The van der Waals surface area contributed by atoms with E-state index in [2.05, 4.69) is 0 Å². The number of carbonyl (C=O) groups is 2. The van der Waals surface area contributed by atoms with Gasteiger partial charge in [0.15, 0.2) is 22.5 Å². The molecule has 0 unspecified atom stereocenters. The van der Waals surface area contributed by atoms with E-state index in [1.807, 2.05) is 6.07 Å². The minimum absolute atomic E-state index is 0.0449. The summed E-state index contributed by atoms with van der Waals surface area (Å²) in [5.74, 6) is -1.30. The van der Waals surface area contributed by atoms with Crippen LogP contribution in [-0.4, -0.2) is 11.9 Å². The quantitative estimate of drug-likeness (QED) is 0.438.